The van der Waals surface area contributed by atoms with Crippen LogP contribution in [0.4, 0.5) is 0 Å². The van der Waals surface area contributed by atoms with Crippen LogP contribution < -0.4 is 0 Å². The van der Waals surface area contributed by atoms with Crippen LogP contribution in [-0.4, -0.2) is 10.7 Å². The van der Waals surface area contributed by atoms with Gasteiger partial charge in [0.2, 0.25) is 0 Å². The minimum Gasteiger partial charge on any atom is -0.388 e. The average Bonchev–Trinajstić information content (AvgIpc) is 2.43. The van der Waals surface area contributed by atoms with Gasteiger partial charge in [-0.3, -0.25) is 0 Å². The number of rotatable bonds is 2. The molecule has 0 aliphatic heterocycles. The smallest absolute Gasteiger partial charge is 0.0863 e. The summed E-state index contributed by atoms with van der Waals surface area (Å²) in [5.41, 5.74) is -1.24. The van der Waals surface area contributed by atoms with Gasteiger partial charge >= 0.3 is 0 Å². The van der Waals surface area contributed by atoms with E-state index in [1.807, 2.05) is 0 Å². The van der Waals surface area contributed by atoms with Gasteiger partial charge in [0.05, 0.1) is 17.1 Å². The van der Waals surface area contributed by atoms with Crippen LogP contribution >= 0.6 is 0 Å². The fourth-order valence-electron chi connectivity index (χ4n) is 4.78. The van der Waals surface area contributed by atoms with Crippen LogP contribution in [0.1, 0.15) is 72.6 Å². The Labute approximate surface area is 124 Å². The van der Waals surface area contributed by atoms with Crippen molar-refractivity contribution in [2.24, 2.45) is 29.1 Å². The largest absolute Gasteiger partial charge is 0.388 e. The van der Waals surface area contributed by atoms with Gasteiger partial charge in [0.1, 0.15) is 0 Å². The van der Waals surface area contributed by atoms with Gasteiger partial charge in [0, 0.05) is 0 Å². The number of nitriles is 1. The molecule has 114 valence electrons. The van der Waals surface area contributed by atoms with Crippen molar-refractivity contribution in [3.8, 4) is 6.07 Å². The first-order valence-corrected chi connectivity index (χ1v) is 8.48. The van der Waals surface area contributed by atoms with E-state index in [4.69, 9.17) is 0 Å². The zero-order chi connectivity index (χ0) is 15.0. The lowest BCUT2D eigenvalue weighted by atomic mass is 9.53. The molecule has 0 aromatic carbocycles. The molecule has 3 atom stereocenters. The zero-order valence-corrected chi connectivity index (χ0v) is 13.7. The first-order chi connectivity index (χ1) is 9.34. The molecule has 20 heavy (non-hydrogen) atoms. The molecule has 0 bridgehead atoms. The molecule has 2 aliphatic rings. The Bertz CT molecular complexity index is 375. The lowest BCUT2D eigenvalue weighted by Crippen LogP contribution is -2.56. The number of hydrogen-bond acceptors (Lipinski definition) is 2. The van der Waals surface area contributed by atoms with E-state index in [2.05, 4.69) is 33.8 Å². The van der Waals surface area contributed by atoms with Crippen LogP contribution in [-0.2, 0) is 0 Å². The monoisotopic (exact) mass is 277 g/mol. The molecule has 0 spiro atoms. The lowest BCUT2D eigenvalue weighted by Gasteiger charge is -2.53. The summed E-state index contributed by atoms with van der Waals surface area (Å²) in [6, 6.07) is 2.58. The summed E-state index contributed by atoms with van der Waals surface area (Å²) in [6.45, 7) is 8.99. The van der Waals surface area contributed by atoms with E-state index in [9.17, 15) is 10.4 Å². The standard InChI is InChI=1S/C18H31NO/c1-13(2)16-6-8-17(12-19,9-7-16)18(20)10-5-14(3)11-15(18)4/h13-16,20H,5-11H2,1-4H3. The van der Waals surface area contributed by atoms with Gasteiger partial charge in [-0.15, -0.1) is 0 Å². The quantitative estimate of drug-likeness (QED) is 0.806. The second-order valence-electron chi connectivity index (χ2n) is 7.98. The molecule has 2 nitrogen and oxygen atoms in total. The van der Waals surface area contributed by atoms with Crippen LogP contribution in [0.5, 0.6) is 0 Å². The maximum absolute atomic E-state index is 11.3. The van der Waals surface area contributed by atoms with Gasteiger partial charge in [-0.1, -0.05) is 27.7 Å². The molecule has 2 aliphatic carbocycles. The molecule has 2 saturated carbocycles. The van der Waals surface area contributed by atoms with Crippen molar-refractivity contribution in [3.63, 3.8) is 0 Å². The predicted molar refractivity (Wildman–Crippen MR) is 82.0 cm³/mol. The third kappa shape index (κ3) is 2.50. The van der Waals surface area contributed by atoms with E-state index in [1.165, 1.54) is 0 Å². The molecule has 0 amide bonds. The zero-order valence-electron chi connectivity index (χ0n) is 13.7. The van der Waals surface area contributed by atoms with E-state index in [0.717, 1.165) is 50.9 Å². The molecule has 0 aromatic rings. The summed E-state index contributed by atoms with van der Waals surface area (Å²) in [6.07, 6.45) is 6.94. The summed E-state index contributed by atoms with van der Waals surface area (Å²) in [5.74, 6) is 2.37. The normalized spacial score (nSPS) is 46.1. The van der Waals surface area contributed by atoms with E-state index >= 15 is 0 Å². The predicted octanol–water partition coefficient (Wildman–Crippen LogP) is 4.53. The third-order valence-electron chi connectivity index (χ3n) is 6.46. The van der Waals surface area contributed by atoms with E-state index in [1.54, 1.807) is 0 Å². The van der Waals surface area contributed by atoms with Crippen molar-refractivity contribution in [3.05, 3.63) is 0 Å². The second kappa shape index (κ2) is 5.68. The van der Waals surface area contributed by atoms with Gasteiger partial charge in [-0.25, -0.2) is 0 Å². The van der Waals surface area contributed by atoms with Crippen molar-refractivity contribution in [1.82, 2.24) is 0 Å². The lowest BCUT2D eigenvalue weighted by molar-refractivity contribution is -0.143. The Hall–Kier alpha value is -0.550. The highest BCUT2D eigenvalue weighted by Crippen LogP contribution is 2.55. The molecular formula is C18H31NO. The molecule has 3 unspecified atom stereocenters. The Morgan fingerprint density at radius 1 is 1.10 bits per heavy atom. The molecule has 0 saturated heterocycles. The van der Waals surface area contributed by atoms with Crippen molar-refractivity contribution in [2.75, 3.05) is 0 Å². The molecule has 2 rings (SSSR count). The highest BCUT2D eigenvalue weighted by molar-refractivity contribution is 5.15. The average molecular weight is 277 g/mol. The third-order valence-corrected chi connectivity index (χ3v) is 6.46. The first-order valence-electron chi connectivity index (χ1n) is 8.48. The molecule has 0 aromatic heterocycles. The minimum atomic E-state index is -0.754. The summed E-state index contributed by atoms with van der Waals surface area (Å²) in [5, 5.41) is 21.2. The van der Waals surface area contributed by atoms with Gasteiger partial charge < -0.3 is 5.11 Å². The molecule has 2 heteroatoms. The van der Waals surface area contributed by atoms with Crippen LogP contribution in [0.2, 0.25) is 0 Å². The van der Waals surface area contributed by atoms with E-state index < -0.39 is 11.0 Å². The van der Waals surface area contributed by atoms with Crippen LogP contribution in [0.25, 0.3) is 0 Å². The van der Waals surface area contributed by atoms with Crippen molar-refractivity contribution < 1.29 is 5.11 Å². The number of nitrogens with zero attached hydrogens (tertiary/aromatic N) is 1. The highest BCUT2D eigenvalue weighted by Gasteiger charge is 2.56. The highest BCUT2D eigenvalue weighted by atomic mass is 16.3. The number of hydrogen-bond donors (Lipinski definition) is 1. The maximum Gasteiger partial charge on any atom is 0.0863 e. The topological polar surface area (TPSA) is 44.0 Å². The second-order valence-corrected chi connectivity index (χ2v) is 7.98. The van der Waals surface area contributed by atoms with E-state index in [0.29, 0.717) is 11.8 Å². The fourth-order valence-corrected chi connectivity index (χ4v) is 4.78. The molecular weight excluding hydrogens is 246 g/mol. The molecule has 0 radical (unpaired) electrons. The fraction of sp³-hybridized carbons (Fsp3) is 0.944. The Morgan fingerprint density at radius 2 is 1.70 bits per heavy atom. The summed E-state index contributed by atoms with van der Waals surface area (Å²) < 4.78 is 0. The maximum atomic E-state index is 11.3. The minimum absolute atomic E-state index is 0.251. The van der Waals surface area contributed by atoms with Crippen LogP contribution in [0.3, 0.4) is 0 Å². The summed E-state index contributed by atoms with van der Waals surface area (Å²) in [7, 11) is 0. The SMILES string of the molecule is CC1CCC(O)(C2(C#N)CCC(C(C)C)CC2)C(C)C1. The number of aliphatic hydroxyl groups is 1. The summed E-state index contributed by atoms with van der Waals surface area (Å²) in [4.78, 5) is 0. The molecule has 1 N–H and O–H groups in total. The molecule has 2 fully saturated rings. The van der Waals surface area contributed by atoms with Gasteiger partial charge in [-0.05, 0) is 68.6 Å². The summed E-state index contributed by atoms with van der Waals surface area (Å²) >= 11 is 0. The Morgan fingerprint density at radius 3 is 2.15 bits per heavy atom. The Kier molecular flexibility index (Phi) is 4.50. The molecule has 0 heterocycles. The van der Waals surface area contributed by atoms with Crippen molar-refractivity contribution in [1.29, 1.82) is 5.26 Å². The van der Waals surface area contributed by atoms with E-state index in [-0.39, 0.29) is 5.92 Å². The van der Waals surface area contributed by atoms with Crippen molar-refractivity contribution >= 4 is 0 Å². The van der Waals surface area contributed by atoms with Crippen LogP contribution in [0.15, 0.2) is 0 Å². The van der Waals surface area contributed by atoms with Gasteiger partial charge in [-0.2, -0.15) is 5.26 Å². The van der Waals surface area contributed by atoms with Gasteiger partial charge in [0.25, 0.3) is 0 Å². The van der Waals surface area contributed by atoms with Crippen molar-refractivity contribution in [2.45, 2.75) is 78.2 Å². The Balaban J connectivity index is 2.18. The first kappa shape index (κ1) is 15.8. The van der Waals surface area contributed by atoms with Crippen LogP contribution in [0, 0.1) is 40.4 Å². The van der Waals surface area contributed by atoms with Gasteiger partial charge in [0.15, 0.2) is 0 Å².